The molecule has 0 aliphatic heterocycles. The largest absolute Gasteiger partial charge is 0.544 e. The van der Waals surface area contributed by atoms with Crippen LogP contribution in [-0.4, -0.2) is 75.5 Å². The van der Waals surface area contributed by atoms with Gasteiger partial charge in [-0.05, 0) is 51.4 Å². The summed E-state index contributed by atoms with van der Waals surface area (Å²) in [7, 11) is 5.33. The van der Waals surface area contributed by atoms with Crippen molar-refractivity contribution in [1.82, 2.24) is 0 Å². The monoisotopic (exact) mass is 563 g/mol. The van der Waals surface area contributed by atoms with Gasteiger partial charge in [0.1, 0.15) is 12.6 Å². The Labute approximate surface area is 242 Å². The van der Waals surface area contributed by atoms with E-state index in [4.69, 9.17) is 14.2 Å². The molecule has 0 rings (SSSR count). The Hall–Kier alpha value is -2.71. The fraction of sp³-hybridized carbons (Fsp3) is 0.656. The van der Waals surface area contributed by atoms with E-state index in [1.54, 1.807) is 21.1 Å². The molecule has 0 N–H and O–H groups in total. The van der Waals surface area contributed by atoms with E-state index >= 15 is 0 Å². The van der Waals surface area contributed by atoms with Crippen LogP contribution in [0.15, 0.2) is 48.6 Å². The summed E-state index contributed by atoms with van der Waals surface area (Å²) in [6.07, 6.45) is 24.3. The molecule has 8 heteroatoms. The maximum Gasteiger partial charge on any atom is 0.306 e. The minimum atomic E-state index is -1.14. The van der Waals surface area contributed by atoms with Crippen LogP contribution in [0.3, 0.4) is 0 Å². The van der Waals surface area contributed by atoms with E-state index in [1.165, 1.54) is 0 Å². The van der Waals surface area contributed by atoms with Crippen molar-refractivity contribution in [2.75, 3.05) is 41.0 Å². The number of likely N-dealkylation sites (N-methyl/N-ethyl adjacent to an activating group) is 1. The summed E-state index contributed by atoms with van der Waals surface area (Å²) in [4.78, 5) is 35.6. The number of unbranched alkanes of at least 4 members (excludes halogenated alkanes) is 2. The first-order valence-corrected chi connectivity index (χ1v) is 14.7. The standard InChI is InChI=1S/C32H53NO7/c1-6-8-9-10-11-12-13-14-15-16-17-18-19-20-21-23-31(35)40-28(27-39-30(34)22-7-2)26-38-25-24-29(32(36)37)33(3,4)5/h8-9,11-12,14-15,17-18,28-29H,6-7,10,13,16,19-27H2,1-5H3/b9-8-,12-11-,15-14-,18-17-. The van der Waals surface area contributed by atoms with E-state index in [0.717, 1.165) is 38.5 Å². The van der Waals surface area contributed by atoms with Gasteiger partial charge in [-0.3, -0.25) is 9.59 Å². The number of hydrogen-bond donors (Lipinski definition) is 0. The fourth-order valence-corrected chi connectivity index (χ4v) is 3.68. The first kappa shape index (κ1) is 37.3. The maximum absolute atomic E-state index is 12.4. The van der Waals surface area contributed by atoms with Gasteiger partial charge in [0, 0.05) is 19.3 Å². The van der Waals surface area contributed by atoms with Gasteiger partial charge in [-0.15, -0.1) is 0 Å². The van der Waals surface area contributed by atoms with Gasteiger partial charge in [0.2, 0.25) is 0 Å². The smallest absolute Gasteiger partial charge is 0.306 e. The van der Waals surface area contributed by atoms with E-state index in [9.17, 15) is 19.5 Å². The van der Waals surface area contributed by atoms with Crippen LogP contribution in [0.5, 0.6) is 0 Å². The fourth-order valence-electron chi connectivity index (χ4n) is 3.68. The van der Waals surface area contributed by atoms with Crippen molar-refractivity contribution in [2.45, 2.75) is 96.6 Å². The molecule has 0 fully saturated rings. The lowest BCUT2D eigenvalue weighted by Crippen LogP contribution is -2.55. The summed E-state index contributed by atoms with van der Waals surface area (Å²) in [5.41, 5.74) is 0. The second kappa shape index (κ2) is 24.1. The van der Waals surface area contributed by atoms with Crippen LogP contribution >= 0.6 is 0 Å². The van der Waals surface area contributed by atoms with Crippen molar-refractivity contribution in [3.05, 3.63) is 48.6 Å². The number of carbonyl (C=O) groups excluding carboxylic acids is 3. The summed E-state index contributed by atoms with van der Waals surface area (Å²) in [5, 5.41) is 11.4. The molecule has 40 heavy (non-hydrogen) atoms. The molecule has 2 unspecified atom stereocenters. The number of allylic oxidation sites excluding steroid dienone is 8. The molecule has 0 aromatic rings. The molecule has 8 nitrogen and oxygen atoms in total. The predicted molar refractivity (Wildman–Crippen MR) is 157 cm³/mol. The Morgan fingerprint density at radius 3 is 1.93 bits per heavy atom. The van der Waals surface area contributed by atoms with E-state index in [-0.39, 0.29) is 55.5 Å². The Balaban J connectivity index is 4.35. The predicted octanol–water partition coefficient (Wildman–Crippen LogP) is 4.84. The average Bonchev–Trinajstić information content (AvgIpc) is 2.88. The Kier molecular flexibility index (Phi) is 22.5. The lowest BCUT2D eigenvalue weighted by Gasteiger charge is -2.34. The summed E-state index contributed by atoms with van der Waals surface area (Å²) >= 11 is 0. The van der Waals surface area contributed by atoms with Crippen molar-refractivity contribution in [3.63, 3.8) is 0 Å². The van der Waals surface area contributed by atoms with E-state index in [1.807, 2.05) is 6.92 Å². The lowest BCUT2D eigenvalue weighted by molar-refractivity contribution is -0.889. The molecule has 0 aliphatic carbocycles. The number of carbonyl (C=O) groups is 3. The van der Waals surface area contributed by atoms with Crippen molar-refractivity contribution >= 4 is 17.9 Å². The SMILES string of the molecule is CC/C=C\C/C=C\C/C=C\C/C=C\CCCCC(=O)OC(COCCC(C(=O)[O-])[N+](C)(C)C)COC(=O)CCC. The van der Waals surface area contributed by atoms with Gasteiger partial charge in [-0.1, -0.05) is 62.5 Å². The lowest BCUT2D eigenvalue weighted by atomic mass is 10.1. The van der Waals surface area contributed by atoms with Crippen LogP contribution in [0.1, 0.15) is 84.5 Å². The first-order valence-electron chi connectivity index (χ1n) is 14.7. The molecule has 0 saturated carbocycles. The Morgan fingerprint density at radius 1 is 0.775 bits per heavy atom. The summed E-state index contributed by atoms with van der Waals surface area (Å²) in [5.74, 6) is -1.87. The quantitative estimate of drug-likeness (QED) is 0.0717. The number of aliphatic carboxylic acids is 1. The summed E-state index contributed by atoms with van der Waals surface area (Å²) < 4.78 is 16.5. The Bertz CT molecular complexity index is 809. The number of rotatable bonds is 24. The molecular weight excluding hydrogens is 510 g/mol. The molecule has 0 heterocycles. The highest BCUT2D eigenvalue weighted by molar-refractivity contribution is 5.70. The van der Waals surface area contributed by atoms with E-state index in [0.29, 0.717) is 12.8 Å². The number of carboxylic acid groups (broad SMARTS) is 1. The van der Waals surface area contributed by atoms with Gasteiger partial charge in [0.25, 0.3) is 0 Å². The first-order chi connectivity index (χ1) is 19.1. The molecule has 0 amide bonds. The highest BCUT2D eigenvalue weighted by Gasteiger charge is 2.25. The van der Waals surface area contributed by atoms with Crippen LogP contribution in [0.2, 0.25) is 0 Å². The maximum atomic E-state index is 12.4. The summed E-state index contributed by atoms with van der Waals surface area (Å²) in [6, 6.07) is -0.728. The zero-order chi connectivity index (χ0) is 30.1. The number of esters is 2. The van der Waals surface area contributed by atoms with Crippen molar-refractivity contribution < 1.29 is 38.2 Å². The Morgan fingerprint density at radius 2 is 1.38 bits per heavy atom. The number of carboxylic acids is 1. The van der Waals surface area contributed by atoms with Gasteiger partial charge in [0.15, 0.2) is 6.10 Å². The van der Waals surface area contributed by atoms with Crippen LogP contribution in [-0.2, 0) is 28.6 Å². The molecule has 0 spiro atoms. The number of hydrogen-bond acceptors (Lipinski definition) is 7. The molecule has 0 aliphatic rings. The van der Waals surface area contributed by atoms with Crippen LogP contribution in [0.25, 0.3) is 0 Å². The molecule has 0 radical (unpaired) electrons. The highest BCUT2D eigenvalue weighted by Crippen LogP contribution is 2.09. The average molecular weight is 564 g/mol. The molecule has 228 valence electrons. The van der Waals surface area contributed by atoms with Crippen LogP contribution in [0, 0.1) is 0 Å². The number of nitrogens with zero attached hydrogens (tertiary/aromatic N) is 1. The third kappa shape index (κ3) is 22.1. The van der Waals surface area contributed by atoms with Crippen molar-refractivity contribution in [2.24, 2.45) is 0 Å². The van der Waals surface area contributed by atoms with Crippen molar-refractivity contribution in [1.29, 1.82) is 0 Å². The van der Waals surface area contributed by atoms with Crippen LogP contribution in [0.4, 0.5) is 0 Å². The third-order valence-electron chi connectivity index (χ3n) is 5.95. The third-order valence-corrected chi connectivity index (χ3v) is 5.95. The second-order valence-corrected chi connectivity index (χ2v) is 10.6. The molecule has 2 atom stereocenters. The number of ether oxygens (including phenoxy) is 3. The van der Waals surface area contributed by atoms with Gasteiger partial charge in [-0.2, -0.15) is 0 Å². The molecule has 0 aromatic heterocycles. The molecular formula is C32H53NO7. The number of quaternary nitrogens is 1. The van der Waals surface area contributed by atoms with Gasteiger partial charge in [-0.25, -0.2) is 0 Å². The van der Waals surface area contributed by atoms with Crippen LogP contribution < -0.4 is 5.11 Å². The van der Waals surface area contributed by atoms with E-state index < -0.39 is 18.1 Å². The summed E-state index contributed by atoms with van der Waals surface area (Å²) in [6.45, 7) is 4.09. The molecule has 0 saturated heterocycles. The van der Waals surface area contributed by atoms with Gasteiger partial charge in [0.05, 0.1) is 40.3 Å². The minimum Gasteiger partial charge on any atom is -0.544 e. The molecule has 0 bridgehead atoms. The molecule has 0 aromatic carbocycles. The van der Waals surface area contributed by atoms with E-state index in [2.05, 4.69) is 55.5 Å². The van der Waals surface area contributed by atoms with Crippen molar-refractivity contribution in [3.8, 4) is 0 Å². The highest BCUT2D eigenvalue weighted by atomic mass is 16.6. The zero-order valence-electron chi connectivity index (χ0n) is 25.5. The topological polar surface area (TPSA) is 102 Å². The second-order valence-electron chi connectivity index (χ2n) is 10.6. The zero-order valence-corrected chi connectivity index (χ0v) is 25.5. The normalized spacial score (nSPS) is 13.9. The van der Waals surface area contributed by atoms with Gasteiger partial charge < -0.3 is 28.6 Å². The van der Waals surface area contributed by atoms with Gasteiger partial charge >= 0.3 is 11.9 Å². The minimum absolute atomic E-state index is 0.0179.